The summed E-state index contributed by atoms with van der Waals surface area (Å²) in [4.78, 5) is 29.7. The van der Waals surface area contributed by atoms with Crippen molar-refractivity contribution < 1.29 is 14.0 Å². The van der Waals surface area contributed by atoms with E-state index in [1.54, 1.807) is 4.57 Å². The Labute approximate surface area is 162 Å². The Morgan fingerprint density at radius 2 is 2.11 bits per heavy atom. The maximum atomic E-state index is 13.3. The monoisotopic (exact) mass is 392 g/mol. The molecule has 1 aliphatic rings. The fourth-order valence-corrected chi connectivity index (χ4v) is 3.23. The fraction of sp³-hybridized carbons (Fsp3) is 0.421. The molecule has 0 radical (unpaired) electrons. The molecule has 6 nitrogen and oxygen atoms in total. The number of anilines is 1. The number of aromatic nitrogens is 2. The molecular formula is C19H22ClFN4O2. The van der Waals surface area contributed by atoms with Crippen molar-refractivity contribution in [2.45, 2.75) is 52.1 Å². The van der Waals surface area contributed by atoms with Crippen molar-refractivity contribution in [2.24, 2.45) is 0 Å². The number of benzene rings is 1. The average molecular weight is 393 g/mol. The third-order valence-corrected chi connectivity index (χ3v) is 4.99. The van der Waals surface area contributed by atoms with Gasteiger partial charge in [0, 0.05) is 18.3 Å². The number of amides is 2. The van der Waals surface area contributed by atoms with Crippen molar-refractivity contribution in [2.75, 3.05) is 5.32 Å². The summed E-state index contributed by atoms with van der Waals surface area (Å²) in [6, 6.07) is 3.97. The Balaban J connectivity index is 1.89. The average Bonchev–Trinajstić information content (AvgIpc) is 3.04. The summed E-state index contributed by atoms with van der Waals surface area (Å²) in [5, 5.41) is 5.50. The van der Waals surface area contributed by atoms with Crippen molar-refractivity contribution in [3.8, 4) is 0 Å². The number of imidazole rings is 1. The van der Waals surface area contributed by atoms with Crippen LogP contribution in [-0.4, -0.2) is 27.4 Å². The van der Waals surface area contributed by atoms with Gasteiger partial charge in [-0.1, -0.05) is 18.5 Å². The van der Waals surface area contributed by atoms with Crippen molar-refractivity contribution in [3.05, 3.63) is 46.3 Å². The second-order valence-electron chi connectivity index (χ2n) is 6.71. The molecule has 0 aliphatic carbocycles. The van der Waals surface area contributed by atoms with Crippen molar-refractivity contribution in [1.82, 2.24) is 14.9 Å². The van der Waals surface area contributed by atoms with E-state index in [1.807, 2.05) is 13.8 Å². The topological polar surface area (TPSA) is 76.0 Å². The highest BCUT2D eigenvalue weighted by atomic mass is 35.5. The highest BCUT2D eigenvalue weighted by Crippen LogP contribution is 2.23. The summed E-state index contributed by atoms with van der Waals surface area (Å²) in [7, 11) is 0. The Bertz CT molecular complexity index is 881. The molecule has 0 bridgehead atoms. The lowest BCUT2D eigenvalue weighted by molar-refractivity contribution is 0.0933. The van der Waals surface area contributed by atoms with Crippen LogP contribution >= 0.6 is 11.6 Å². The van der Waals surface area contributed by atoms with E-state index in [4.69, 9.17) is 11.6 Å². The Morgan fingerprint density at radius 1 is 1.33 bits per heavy atom. The molecule has 1 aliphatic heterocycles. The number of carbonyl (C=O) groups is 2. The SMILES string of the molecule is CCC(C)NC(=O)c1nc(C(=O)Nc2ccc(F)c(Cl)c2)n2c1CCCC2. The molecule has 0 spiro atoms. The van der Waals surface area contributed by atoms with E-state index in [-0.39, 0.29) is 22.8 Å². The van der Waals surface area contributed by atoms with Gasteiger partial charge in [-0.25, -0.2) is 9.37 Å². The van der Waals surface area contributed by atoms with Gasteiger partial charge in [-0.2, -0.15) is 0 Å². The maximum absolute atomic E-state index is 13.3. The first-order valence-electron chi connectivity index (χ1n) is 9.07. The fourth-order valence-electron chi connectivity index (χ4n) is 3.05. The molecule has 2 N–H and O–H groups in total. The van der Waals surface area contributed by atoms with Gasteiger partial charge in [0.2, 0.25) is 0 Å². The molecule has 1 atom stereocenters. The first kappa shape index (κ1) is 19.4. The van der Waals surface area contributed by atoms with Gasteiger partial charge in [-0.3, -0.25) is 9.59 Å². The molecular weight excluding hydrogens is 371 g/mol. The van der Waals surface area contributed by atoms with Crippen LogP contribution in [-0.2, 0) is 13.0 Å². The van der Waals surface area contributed by atoms with Gasteiger partial charge in [0.05, 0.1) is 10.7 Å². The zero-order valence-electron chi connectivity index (χ0n) is 15.3. The minimum Gasteiger partial charge on any atom is -0.348 e. The molecule has 8 heteroatoms. The predicted molar refractivity (Wildman–Crippen MR) is 102 cm³/mol. The summed E-state index contributed by atoms with van der Waals surface area (Å²) in [6.45, 7) is 4.54. The Kier molecular flexibility index (Phi) is 5.79. The predicted octanol–water partition coefficient (Wildman–Crippen LogP) is 3.79. The summed E-state index contributed by atoms with van der Waals surface area (Å²) in [5.41, 5.74) is 1.45. The lowest BCUT2D eigenvalue weighted by Crippen LogP contribution is -2.33. The van der Waals surface area contributed by atoms with Crippen LogP contribution in [0.4, 0.5) is 10.1 Å². The molecule has 1 unspecified atom stereocenters. The van der Waals surface area contributed by atoms with E-state index in [1.165, 1.54) is 18.2 Å². The zero-order chi connectivity index (χ0) is 19.6. The van der Waals surface area contributed by atoms with Crippen molar-refractivity contribution in [1.29, 1.82) is 0 Å². The number of nitrogens with zero attached hydrogens (tertiary/aromatic N) is 2. The Morgan fingerprint density at radius 3 is 2.81 bits per heavy atom. The molecule has 1 aromatic carbocycles. The van der Waals surface area contributed by atoms with Crippen LogP contribution in [0.3, 0.4) is 0 Å². The number of hydrogen-bond acceptors (Lipinski definition) is 3. The molecule has 2 heterocycles. The van der Waals surface area contributed by atoms with E-state index >= 15 is 0 Å². The third-order valence-electron chi connectivity index (χ3n) is 4.70. The standard InChI is InChI=1S/C19H22ClFN4O2/c1-3-11(2)22-18(26)16-15-6-4-5-9-25(15)17(24-16)19(27)23-12-7-8-14(21)13(20)10-12/h7-8,10-11H,3-6,9H2,1-2H3,(H,22,26)(H,23,27). The third kappa shape index (κ3) is 4.13. The van der Waals surface area contributed by atoms with Crippen LogP contribution in [0, 0.1) is 5.82 Å². The molecule has 0 saturated heterocycles. The number of rotatable bonds is 5. The minimum atomic E-state index is -0.558. The van der Waals surface area contributed by atoms with Gasteiger partial charge in [-0.05, 0) is 50.8 Å². The van der Waals surface area contributed by atoms with Crippen LogP contribution in [0.1, 0.15) is 59.9 Å². The van der Waals surface area contributed by atoms with E-state index < -0.39 is 11.7 Å². The maximum Gasteiger partial charge on any atom is 0.291 e. The van der Waals surface area contributed by atoms with Crippen LogP contribution in [0.2, 0.25) is 5.02 Å². The van der Waals surface area contributed by atoms with Crippen LogP contribution in [0.5, 0.6) is 0 Å². The number of nitrogens with one attached hydrogen (secondary N) is 2. The van der Waals surface area contributed by atoms with E-state index in [0.29, 0.717) is 24.3 Å². The van der Waals surface area contributed by atoms with Gasteiger partial charge in [0.1, 0.15) is 11.5 Å². The summed E-state index contributed by atoms with van der Waals surface area (Å²) < 4.78 is 15.1. The van der Waals surface area contributed by atoms with E-state index in [9.17, 15) is 14.0 Å². The quantitative estimate of drug-likeness (QED) is 0.812. The second-order valence-corrected chi connectivity index (χ2v) is 7.11. The number of hydrogen-bond donors (Lipinski definition) is 2. The Hall–Kier alpha value is -2.41. The van der Waals surface area contributed by atoms with E-state index in [0.717, 1.165) is 25.0 Å². The van der Waals surface area contributed by atoms with Crippen LogP contribution in [0.15, 0.2) is 18.2 Å². The van der Waals surface area contributed by atoms with Gasteiger partial charge in [-0.15, -0.1) is 0 Å². The first-order valence-corrected chi connectivity index (χ1v) is 9.45. The largest absolute Gasteiger partial charge is 0.348 e. The number of fused-ring (bicyclic) bond motifs is 1. The summed E-state index contributed by atoms with van der Waals surface area (Å²) in [6.07, 6.45) is 3.37. The highest BCUT2D eigenvalue weighted by molar-refractivity contribution is 6.31. The minimum absolute atomic E-state index is 0.0251. The summed E-state index contributed by atoms with van der Waals surface area (Å²) >= 11 is 5.77. The molecule has 144 valence electrons. The molecule has 0 fully saturated rings. The molecule has 27 heavy (non-hydrogen) atoms. The van der Waals surface area contributed by atoms with Crippen molar-refractivity contribution >= 4 is 29.1 Å². The molecule has 2 aromatic rings. The zero-order valence-corrected chi connectivity index (χ0v) is 16.1. The van der Waals surface area contributed by atoms with Gasteiger partial charge >= 0.3 is 0 Å². The van der Waals surface area contributed by atoms with Crippen LogP contribution in [0.25, 0.3) is 0 Å². The molecule has 1 aromatic heterocycles. The number of carbonyl (C=O) groups excluding carboxylic acids is 2. The smallest absolute Gasteiger partial charge is 0.291 e. The molecule has 3 rings (SSSR count). The first-order chi connectivity index (χ1) is 12.9. The van der Waals surface area contributed by atoms with Gasteiger partial charge < -0.3 is 15.2 Å². The summed E-state index contributed by atoms with van der Waals surface area (Å²) in [5.74, 6) is -1.10. The molecule has 0 saturated carbocycles. The van der Waals surface area contributed by atoms with Crippen LogP contribution < -0.4 is 10.6 Å². The highest BCUT2D eigenvalue weighted by Gasteiger charge is 2.28. The lowest BCUT2D eigenvalue weighted by atomic mass is 10.1. The van der Waals surface area contributed by atoms with E-state index in [2.05, 4.69) is 15.6 Å². The number of halogens is 2. The second kappa shape index (κ2) is 8.08. The van der Waals surface area contributed by atoms with Gasteiger partial charge in [0.25, 0.3) is 11.8 Å². The van der Waals surface area contributed by atoms with Gasteiger partial charge in [0.15, 0.2) is 5.82 Å². The lowest BCUT2D eigenvalue weighted by Gasteiger charge is -2.17. The normalized spacial score (nSPS) is 14.4. The molecule has 2 amide bonds. The van der Waals surface area contributed by atoms with Crippen molar-refractivity contribution in [3.63, 3.8) is 0 Å².